The zero-order valence-electron chi connectivity index (χ0n) is 18.6. The lowest BCUT2D eigenvalue weighted by atomic mass is 9.84. The first-order valence-corrected chi connectivity index (χ1v) is 10.6. The molecule has 0 spiro atoms. The van der Waals surface area contributed by atoms with Crippen LogP contribution < -0.4 is 0 Å². The van der Waals surface area contributed by atoms with Crippen molar-refractivity contribution in [3.63, 3.8) is 0 Å². The Bertz CT molecular complexity index is 818. The van der Waals surface area contributed by atoms with Crippen LogP contribution in [0.15, 0.2) is 35.5 Å². The van der Waals surface area contributed by atoms with Gasteiger partial charge in [-0.05, 0) is 25.8 Å². The van der Waals surface area contributed by atoms with Crippen LogP contribution in [0.1, 0.15) is 45.6 Å². The van der Waals surface area contributed by atoms with Crippen molar-refractivity contribution in [2.75, 3.05) is 13.2 Å². The summed E-state index contributed by atoms with van der Waals surface area (Å²) in [7, 11) is 0. The van der Waals surface area contributed by atoms with Gasteiger partial charge < -0.3 is 19.0 Å². The van der Waals surface area contributed by atoms with Crippen LogP contribution in [0.2, 0.25) is 0 Å². The number of carbonyl (C=O) groups excluding carboxylic acids is 4. The van der Waals surface area contributed by atoms with E-state index in [1.165, 1.54) is 6.92 Å². The Balaban J connectivity index is 2.09. The number of oxime groups is 1. The van der Waals surface area contributed by atoms with Crippen molar-refractivity contribution in [2.45, 2.75) is 52.7 Å². The molecule has 1 aromatic carbocycles. The highest BCUT2D eigenvalue weighted by atomic mass is 16.6. The van der Waals surface area contributed by atoms with E-state index < -0.39 is 35.3 Å². The topological polar surface area (TPSA) is 118 Å². The lowest BCUT2D eigenvalue weighted by Gasteiger charge is -2.24. The monoisotopic (exact) mass is 447 g/mol. The summed E-state index contributed by atoms with van der Waals surface area (Å²) in [5.74, 6) is -3.03. The van der Waals surface area contributed by atoms with Gasteiger partial charge in [0.05, 0.1) is 13.2 Å². The Kier molecular flexibility index (Phi) is 9.37. The van der Waals surface area contributed by atoms with Crippen molar-refractivity contribution < 1.29 is 38.2 Å². The molecular formula is C23H29NO8. The van der Waals surface area contributed by atoms with Gasteiger partial charge in [0.15, 0.2) is 11.2 Å². The summed E-state index contributed by atoms with van der Waals surface area (Å²) in [5, 5.41) is 3.69. The SMILES string of the molecule is CCOC(=O)C1(C(=O)OCC)C[C@@H](CC(=O)/C=N/OCc2ccccc2)[C@H](OC(C)=O)C1. The fourth-order valence-electron chi connectivity index (χ4n) is 3.78. The minimum atomic E-state index is -1.63. The van der Waals surface area contributed by atoms with E-state index in [0.29, 0.717) is 0 Å². The van der Waals surface area contributed by atoms with E-state index in [1.807, 2.05) is 30.3 Å². The van der Waals surface area contributed by atoms with Crippen LogP contribution in [0, 0.1) is 11.3 Å². The summed E-state index contributed by atoms with van der Waals surface area (Å²) in [6.45, 7) is 4.84. The predicted octanol–water partition coefficient (Wildman–Crippen LogP) is 2.60. The highest BCUT2D eigenvalue weighted by Crippen LogP contribution is 2.47. The van der Waals surface area contributed by atoms with Crippen molar-refractivity contribution in [1.82, 2.24) is 0 Å². The minimum absolute atomic E-state index is 0.0347. The molecule has 1 aromatic rings. The number of carbonyl (C=O) groups is 4. The largest absolute Gasteiger partial charge is 0.465 e. The number of hydrogen-bond donors (Lipinski definition) is 0. The highest BCUT2D eigenvalue weighted by Gasteiger charge is 2.58. The number of benzene rings is 1. The van der Waals surface area contributed by atoms with Crippen LogP contribution >= 0.6 is 0 Å². The number of hydrogen-bond acceptors (Lipinski definition) is 9. The quantitative estimate of drug-likeness (QED) is 0.167. The average Bonchev–Trinajstić information content (AvgIpc) is 3.11. The molecule has 0 bridgehead atoms. The first kappa shape index (κ1) is 25.0. The maximum absolute atomic E-state index is 12.7. The zero-order valence-corrected chi connectivity index (χ0v) is 18.6. The minimum Gasteiger partial charge on any atom is -0.465 e. The molecule has 1 fully saturated rings. The predicted molar refractivity (Wildman–Crippen MR) is 113 cm³/mol. The van der Waals surface area contributed by atoms with Crippen molar-refractivity contribution in [3.05, 3.63) is 35.9 Å². The molecule has 0 unspecified atom stereocenters. The second-order valence-electron chi connectivity index (χ2n) is 7.50. The van der Waals surface area contributed by atoms with Crippen LogP contribution in [0.3, 0.4) is 0 Å². The third-order valence-electron chi connectivity index (χ3n) is 5.14. The van der Waals surface area contributed by atoms with Gasteiger partial charge in [-0.2, -0.15) is 0 Å². The van der Waals surface area contributed by atoms with Gasteiger partial charge in [-0.3, -0.25) is 19.2 Å². The highest BCUT2D eigenvalue weighted by molar-refractivity contribution is 6.27. The third-order valence-corrected chi connectivity index (χ3v) is 5.14. The first-order valence-electron chi connectivity index (χ1n) is 10.6. The fraction of sp³-hybridized carbons (Fsp3) is 0.522. The van der Waals surface area contributed by atoms with E-state index in [4.69, 9.17) is 19.0 Å². The van der Waals surface area contributed by atoms with E-state index in [1.54, 1.807) is 13.8 Å². The van der Waals surface area contributed by atoms with Gasteiger partial charge in [0.1, 0.15) is 18.9 Å². The molecule has 1 aliphatic rings. The molecule has 2 rings (SSSR count). The van der Waals surface area contributed by atoms with E-state index in [0.717, 1.165) is 11.8 Å². The van der Waals surface area contributed by atoms with Crippen molar-refractivity contribution in [3.8, 4) is 0 Å². The maximum Gasteiger partial charge on any atom is 0.323 e. The maximum atomic E-state index is 12.7. The zero-order chi connectivity index (χ0) is 23.6. The molecule has 174 valence electrons. The fourth-order valence-corrected chi connectivity index (χ4v) is 3.78. The number of nitrogens with zero attached hydrogens (tertiary/aromatic N) is 1. The Morgan fingerprint density at radius 2 is 1.66 bits per heavy atom. The molecule has 0 aromatic heterocycles. The van der Waals surface area contributed by atoms with Crippen molar-refractivity contribution in [1.29, 1.82) is 0 Å². The molecule has 2 atom stereocenters. The number of ketones is 1. The van der Waals surface area contributed by atoms with E-state index >= 15 is 0 Å². The molecule has 0 heterocycles. The average molecular weight is 447 g/mol. The summed E-state index contributed by atoms with van der Waals surface area (Å²) >= 11 is 0. The summed E-state index contributed by atoms with van der Waals surface area (Å²) in [6, 6.07) is 9.34. The first-order chi connectivity index (χ1) is 15.3. The lowest BCUT2D eigenvalue weighted by molar-refractivity contribution is -0.173. The molecular weight excluding hydrogens is 418 g/mol. The molecule has 1 saturated carbocycles. The van der Waals surface area contributed by atoms with Crippen molar-refractivity contribution >= 4 is 29.9 Å². The molecule has 32 heavy (non-hydrogen) atoms. The molecule has 0 radical (unpaired) electrons. The van der Waals surface area contributed by atoms with Gasteiger partial charge in [-0.1, -0.05) is 35.5 Å². The van der Waals surface area contributed by atoms with Gasteiger partial charge in [-0.25, -0.2) is 0 Å². The molecule has 0 N–H and O–H groups in total. The van der Waals surface area contributed by atoms with E-state index in [9.17, 15) is 19.2 Å². The van der Waals surface area contributed by atoms with Gasteiger partial charge in [0, 0.05) is 25.7 Å². The normalized spacial score (nSPS) is 19.3. The number of esters is 3. The number of rotatable bonds is 11. The Morgan fingerprint density at radius 1 is 1.03 bits per heavy atom. The molecule has 0 saturated heterocycles. The summed E-state index contributed by atoms with van der Waals surface area (Å²) in [4.78, 5) is 54.6. The van der Waals surface area contributed by atoms with Gasteiger partial charge in [0.2, 0.25) is 0 Å². The van der Waals surface area contributed by atoms with E-state index in [2.05, 4.69) is 5.16 Å². The summed E-state index contributed by atoms with van der Waals surface area (Å²) in [5.41, 5.74) is -0.727. The number of Topliss-reactive ketones (excluding diaryl/α,β-unsaturated/α-hetero) is 1. The molecule has 1 aliphatic carbocycles. The second kappa shape index (κ2) is 12.0. The molecule has 0 amide bonds. The Hall–Kier alpha value is -3.23. The van der Waals surface area contributed by atoms with Gasteiger partial charge >= 0.3 is 17.9 Å². The van der Waals surface area contributed by atoms with Crippen LogP contribution in [0.5, 0.6) is 0 Å². The Morgan fingerprint density at radius 3 is 2.22 bits per heavy atom. The van der Waals surface area contributed by atoms with Gasteiger partial charge in [-0.15, -0.1) is 0 Å². The molecule has 0 aliphatic heterocycles. The lowest BCUT2D eigenvalue weighted by Crippen LogP contribution is -2.40. The van der Waals surface area contributed by atoms with Crippen LogP contribution in [0.4, 0.5) is 0 Å². The second-order valence-corrected chi connectivity index (χ2v) is 7.50. The van der Waals surface area contributed by atoms with Crippen LogP contribution in [0.25, 0.3) is 0 Å². The third kappa shape index (κ3) is 6.63. The Labute approximate surface area is 187 Å². The van der Waals surface area contributed by atoms with Crippen LogP contribution in [-0.2, 0) is 44.8 Å². The smallest absolute Gasteiger partial charge is 0.323 e. The molecule has 9 heteroatoms. The van der Waals surface area contributed by atoms with E-state index in [-0.39, 0.29) is 44.9 Å². The standard InChI is InChI=1S/C23H29NO8/c1-4-29-21(27)23(22(28)30-5-2)12-18(20(13-23)32-16(3)25)11-19(26)14-24-31-15-17-9-7-6-8-10-17/h6-10,14,18,20H,4-5,11-13,15H2,1-3H3/b24-14+/t18-,20-/m1/s1. The summed E-state index contributed by atoms with van der Waals surface area (Å²) < 4.78 is 15.6. The van der Waals surface area contributed by atoms with Crippen LogP contribution in [-0.4, -0.2) is 49.2 Å². The molecule has 9 nitrogen and oxygen atoms in total. The summed E-state index contributed by atoms with van der Waals surface area (Å²) in [6.07, 6.45) is -0.000250. The number of ether oxygens (including phenoxy) is 3. The van der Waals surface area contributed by atoms with Crippen molar-refractivity contribution in [2.24, 2.45) is 16.5 Å². The van der Waals surface area contributed by atoms with Gasteiger partial charge in [0.25, 0.3) is 0 Å².